The van der Waals surface area contributed by atoms with Crippen molar-refractivity contribution in [2.24, 2.45) is 0 Å². The Balaban J connectivity index is 1.83. The topological polar surface area (TPSA) is 99.0 Å². The molecule has 3 rings (SSSR count). The van der Waals surface area contributed by atoms with Crippen LogP contribution in [0, 0.1) is 0 Å². The van der Waals surface area contributed by atoms with E-state index in [1.165, 1.54) is 33.7 Å². The predicted octanol–water partition coefficient (Wildman–Crippen LogP) is 3.72. The average Bonchev–Trinajstić information content (AvgIpc) is 3.31. The van der Waals surface area contributed by atoms with Crippen LogP contribution in [0.2, 0.25) is 0 Å². The number of nitrogens with one attached hydrogen (secondary N) is 2. The minimum absolute atomic E-state index is 0.00514. The average molecular weight is 422 g/mol. The Morgan fingerprint density at radius 2 is 1.65 bits per heavy atom. The summed E-state index contributed by atoms with van der Waals surface area (Å²) in [5.41, 5.74) is 0.835. The summed E-state index contributed by atoms with van der Waals surface area (Å²) < 4.78 is 20.9. The molecule has 1 heterocycles. The molecule has 0 aliphatic heterocycles. The van der Waals surface area contributed by atoms with Gasteiger partial charge in [0, 0.05) is 23.4 Å². The molecule has 0 aliphatic rings. The van der Waals surface area contributed by atoms with Crippen LogP contribution in [-0.4, -0.2) is 33.1 Å². The molecule has 0 bridgehead atoms. The van der Waals surface area contributed by atoms with Crippen molar-refractivity contribution in [1.82, 2.24) is 5.32 Å². The van der Waals surface area contributed by atoms with Crippen LogP contribution in [0.4, 0.5) is 5.69 Å². The van der Waals surface area contributed by atoms with Crippen LogP contribution in [0.1, 0.15) is 16.1 Å². The maximum absolute atomic E-state index is 12.9. The Hall–Kier alpha value is -4.20. The highest BCUT2D eigenvalue weighted by molar-refractivity contribution is 6.10. The van der Waals surface area contributed by atoms with Gasteiger partial charge >= 0.3 is 0 Å². The Labute approximate surface area is 179 Å². The van der Waals surface area contributed by atoms with Crippen LogP contribution in [0.25, 0.3) is 6.08 Å². The number of hydrogen-bond donors (Lipinski definition) is 2. The summed E-state index contributed by atoms with van der Waals surface area (Å²) in [5, 5.41) is 5.37. The number of amides is 2. The Bertz CT molecular complexity index is 1070. The van der Waals surface area contributed by atoms with Crippen LogP contribution < -0.4 is 24.8 Å². The second-order valence-corrected chi connectivity index (χ2v) is 6.28. The third-order valence-electron chi connectivity index (χ3n) is 4.32. The lowest BCUT2D eigenvalue weighted by Crippen LogP contribution is -2.30. The zero-order valence-electron chi connectivity index (χ0n) is 17.3. The van der Waals surface area contributed by atoms with Crippen LogP contribution in [0.5, 0.6) is 17.2 Å². The standard InChI is InChI=1S/C23H22N2O6/c1-28-17-9-6-15(7-10-17)22(26)25-19(14-18-5-4-12-31-18)23(27)24-16-8-11-20(29-2)21(13-16)30-3/h4-14H,1-3H3,(H,24,27)(H,25,26)/b19-14-. The van der Waals surface area contributed by atoms with Gasteiger partial charge in [-0.3, -0.25) is 9.59 Å². The van der Waals surface area contributed by atoms with Gasteiger partial charge in [0.2, 0.25) is 0 Å². The van der Waals surface area contributed by atoms with Gasteiger partial charge in [0.05, 0.1) is 27.6 Å². The Morgan fingerprint density at radius 1 is 0.903 bits per heavy atom. The highest BCUT2D eigenvalue weighted by Gasteiger charge is 2.17. The van der Waals surface area contributed by atoms with Crippen molar-refractivity contribution in [3.63, 3.8) is 0 Å². The molecular formula is C23H22N2O6. The van der Waals surface area contributed by atoms with Gasteiger partial charge in [-0.15, -0.1) is 0 Å². The minimum Gasteiger partial charge on any atom is -0.497 e. The molecule has 31 heavy (non-hydrogen) atoms. The van der Waals surface area contributed by atoms with Crippen molar-refractivity contribution in [1.29, 1.82) is 0 Å². The Morgan fingerprint density at radius 3 is 2.26 bits per heavy atom. The fraction of sp³-hybridized carbons (Fsp3) is 0.130. The molecule has 1 aromatic heterocycles. The SMILES string of the molecule is COc1ccc(C(=O)N/C(=C\c2ccco2)C(=O)Nc2ccc(OC)c(OC)c2)cc1. The van der Waals surface area contributed by atoms with Crippen molar-refractivity contribution in [2.75, 3.05) is 26.6 Å². The summed E-state index contributed by atoms with van der Waals surface area (Å²) >= 11 is 0. The molecule has 160 valence electrons. The molecular weight excluding hydrogens is 400 g/mol. The second kappa shape index (κ2) is 10.0. The van der Waals surface area contributed by atoms with E-state index in [1.807, 2.05) is 0 Å². The van der Waals surface area contributed by atoms with Crippen LogP contribution in [0.3, 0.4) is 0 Å². The first kappa shape index (κ1) is 21.5. The van der Waals surface area contributed by atoms with E-state index in [9.17, 15) is 9.59 Å². The molecule has 2 N–H and O–H groups in total. The van der Waals surface area contributed by atoms with Crippen molar-refractivity contribution >= 4 is 23.6 Å². The number of anilines is 1. The first-order valence-electron chi connectivity index (χ1n) is 9.28. The van der Waals surface area contributed by atoms with Crippen molar-refractivity contribution in [3.8, 4) is 17.2 Å². The van der Waals surface area contributed by atoms with E-state index in [4.69, 9.17) is 18.6 Å². The van der Waals surface area contributed by atoms with Crippen molar-refractivity contribution < 1.29 is 28.2 Å². The molecule has 0 unspecified atom stereocenters. The minimum atomic E-state index is -0.537. The molecule has 8 heteroatoms. The summed E-state index contributed by atoms with van der Waals surface area (Å²) in [6.07, 6.45) is 2.92. The summed E-state index contributed by atoms with van der Waals surface area (Å²) in [7, 11) is 4.56. The molecule has 0 spiro atoms. The highest BCUT2D eigenvalue weighted by atomic mass is 16.5. The van der Waals surface area contributed by atoms with Crippen LogP contribution in [0.15, 0.2) is 71.0 Å². The summed E-state index contributed by atoms with van der Waals surface area (Å²) in [6, 6.07) is 14.8. The van der Waals surface area contributed by atoms with Gasteiger partial charge in [-0.05, 0) is 48.5 Å². The molecule has 0 saturated heterocycles. The summed E-state index contributed by atoms with van der Waals surface area (Å²) in [6.45, 7) is 0. The quantitative estimate of drug-likeness (QED) is 0.537. The summed E-state index contributed by atoms with van der Waals surface area (Å²) in [5.74, 6) is 1.02. The van der Waals surface area contributed by atoms with Crippen LogP contribution in [-0.2, 0) is 4.79 Å². The number of carbonyl (C=O) groups is 2. The fourth-order valence-electron chi connectivity index (χ4n) is 2.72. The predicted molar refractivity (Wildman–Crippen MR) is 115 cm³/mol. The van der Waals surface area contributed by atoms with E-state index in [2.05, 4.69) is 10.6 Å². The maximum atomic E-state index is 12.9. The first-order valence-corrected chi connectivity index (χ1v) is 9.28. The number of methoxy groups -OCH3 is 3. The van der Waals surface area contributed by atoms with Gasteiger partial charge in [-0.1, -0.05) is 0 Å². The van der Waals surface area contributed by atoms with Crippen molar-refractivity contribution in [2.45, 2.75) is 0 Å². The zero-order valence-corrected chi connectivity index (χ0v) is 17.3. The van der Waals surface area contributed by atoms with E-state index in [1.54, 1.807) is 54.6 Å². The highest BCUT2D eigenvalue weighted by Crippen LogP contribution is 2.29. The number of ether oxygens (including phenoxy) is 3. The fourth-order valence-corrected chi connectivity index (χ4v) is 2.72. The monoisotopic (exact) mass is 422 g/mol. The van der Waals surface area contributed by atoms with Gasteiger partial charge in [0.1, 0.15) is 17.2 Å². The number of benzene rings is 2. The van der Waals surface area contributed by atoms with E-state index in [-0.39, 0.29) is 5.70 Å². The van der Waals surface area contributed by atoms with Gasteiger partial charge in [0.25, 0.3) is 11.8 Å². The molecule has 2 amide bonds. The van der Waals surface area contributed by atoms with Gasteiger partial charge < -0.3 is 29.3 Å². The molecule has 8 nitrogen and oxygen atoms in total. The third kappa shape index (κ3) is 5.45. The number of rotatable bonds is 8. The number of furan rings is 1. The maximum Gasteiger partial charge on any atom is 0.272 e. The molecule has 3 aromatic rings. The molecule has 0 saturated carbocycles. The van der Waals surface area contributed by atoms with E-state index in [0.29, 0.717) is 34.3 Å². The summed E-state index contributed by atoms with van der Waals surface area (Å²) in [4.78, 5) is 25.6. The van der Waals surface area contributed by atoms with E-state index >= 15 is 0 Å². The smallest absolute Gasteiger partial charge is 0.272 e. The molecule has 2 aromatic carbocycles. The normalized spacial score (nSPS) is 10.9. The van der Waals surface area contributed by atoms with Gasteiger partial charge in [0.15, 0.2) is 11.5 Å². The zero-order chi connectivity index (χ0) is 22.2. The van der Waals surface area contributed by atoms with E-state index < -0.39 is 11.8 Å². The molecule has 0 fully saturated rings. The first-order chi connectivity index (χ1) is 15.0. The van der Waals surface area contributed by atoms with Crippen molar-refractivity contribution in [3.05, 3.63) is 77.9 Å². The van der Waals surface area contributed by atoms with Crippen LogP contribution >= 0.6 is 0 Å². The lowest BCUT2D eigenvalue weighted by atomic mass is 10.2. The lowest BCUT2D eigenvalue weighted by Gasteiger charge is -2.13. The molecule has 0 atom stereocenters. The van der Waals surface area contributed by atoms with Gasteiger partial charge in [-0.2, -0.15) is 0 Å². The molecule has 0 aliphatic carbocycles. The van der Waals surface area contributed by atoms with Gasteiger partial charge in [-0.25, -0.2) is 0 Å². The largest absolute Gasteiger partial charge is 0.497 e. The number of hydrogen-bond acceptors (Lipinski definition) is 6. The third-order valence-corrected chi connectivity index (χ3v) is 4.32. The number of carbonyl (C=O) groups excluding carboxylic acids is 2. The Kier molecular flexibility index (Phi) is 6.95. The van der Waals surface area contributed by atoms with E-state index in [0.717, 1.165) is 0 Å². The molecule has 0 radical (unpaired) electrons. The lowest BCUT2D eigenvalue weighted by molar-refractivity contribution is -0.113. The second-order valence-electron chi connectivity index (χ2n) is 6.28.